The molecule has 0 radical (unpaired) electrons. The molecule has 3 heterocycles. The molecule has 0 bridgehead atoms. The van der Waals surface area contributed by atoms with E-state index < -0.39 is 6.10 Å². The van der Waals surface area contributed by atoms with E-state index in [1.807, 2.05) is 23.6 Å². The summed E-state index contributed by atoms with van der Waals surface area (Å²) < 4.78 is 0. The van der Waals surface area contributed by atoms with Crippen LogP contribution in [0.15, 0.2) is 0 Å². The number of aliphatic hydroxyl groups excluding tert-OH is 1. The summed E-state index contributed by atoms with van der Waals surface area (Å²) in [7, 11) is 0. The van der Waals surface area contributed by atoms with Crippen molar-refractivity contribution in [3.8, 4) is 0 Å². The van der Waals surface area contributed by atoms with Gasteiger partial charge in [-0.2, -0.15) is 11.8 Å². The number of aliphatic hydroxyl groups is 1. The number of likely N-dealkylation sites (tertiary alicyclic amines) is 1. The molecular formula is C28H42N4O4S2. The lowest BCUT2D eigenvalue weighted by atomic mass is 9.53. The molecular weight excluding hydrogens is 520 g/mol. The van der Waals surface area contributed by atoms with Crippen molar-refractivity contribution in [2.24, 2.45) is 29.1 Å². The molecule has 5 rings (SSSR count). The molecule has 2 aliphatic heterocycles. The number of aromatic nitrogens is 1. The Balaban J connectivity index is 1.27. The van der Waals surface area contributed by atoms with Gasteiger partial charge >= 0.3 is 0 Å². The Kier molecular flexibility index (Phi) is 8.14. The van der Waals surface area contributed by atoms with Crippen molar-refractivity contribution < 1.29 is 19.5 Å². The van der Waals surface area contributed by atoms with Crippen LogP contribution in [0.5, 0.6) is 0 Å². The van der Waals surface area contributed by atoms with Gasteiger partial charge in [-0.05, 0) is 49.4 Å². The molecule has 210 valence electrons. The minimum atomic E-state index is -0.554. The molecule has 2 aliphatic carbocycles. The smallest absolute Gasteiger partial charge is 0.229 e. The molecule has 0 spiro atoms. The number of nitrogens with zero attached hydrogens (tertiary/aromatic N) is 3. The van der Waals surface area contributed by atoms with Crippen LogP contribution in [0.1, 0.15) is 69.9 Å². The van der Waals surface area contributed by atoms with E-state index in [0.717, 1.165) is 49.6 Å². The largest absolute Gasteiger partial charge is 0.392 e. The third-order valence-corrected chi connectivity index (χ3v) is 11.7. The van der Waals surface area contributed by atoms with Gasteiger partial charge in [-0.15, -0.1) is 11.3 Å². The van der Waals surface area contributed by atoms with Crippen LogP contribution in [0.25, 0.3) is 0 Å². The first-order chi connectivity index (χ1) is 18.1. The van der Waals surface area contributed by atoms with Crippen molar-refractivity contribution in [2.75, 3.05) is 43.0 Å². The summed E-state index contributed by atoms with van der Waals surface area (Å²) in [5.41, 5.74) is 0.936. The molecule has 10 heteroatoms. The van der Waals surface area contributed by atoms with Gasteiger partial charge in [0.15, 0.2) is 5.13 Å². The molecule has 6 atom stereocenters. The normalized spacial score (nSPS) is 32.8. The number of rotatable bonds is 4. The Morgan fingerprint density at radius 3 is 2.45 bits per heavy atom. The summed E-state index contributed by atoms with van der Waals surface area (Å²) >= 11 is 3.47. The zero-order valence-electron chi connectivity index (χ0n) is 23.1. The SMILES string of the molecule is CC(=O)N1CCC(C(=O)Nc2nc3c(s2)C[C@]2(C)CC[C@@H]([C@H](C)C(=O)N4CCSCC4)[C@H](O)[C@H]2[C@@H]3C)CC1. The van der Waals surface area contributed by atoms with Crippen LogP contribution in [0.3, 0.4) is 0 Å². The number of thiazole rings is 1. The molecule has 0 aromatic carbocycles. The van der Waals surface area contributed by atoms with Gasteiger partial charge in [-0.1, -0.05) is 20.8 Å². The maximum absolute atomic E-state index is 13.3. The molecule has 2 saturated heterocycles. The number of hydrogen-bond acceptors (Lipinski definition) is 7. The predicted octanol–water partition coefficient (Wildman–Crippen LogP) is 3.60. The molecule has 0 unspecified atom stereocenters. The molecule has 2 N–H and O–H groups in total. The number of nitrogens with one attached hydrogen (secondary N) is 1. The minimum Gasteiger partial charge on any atom is -0.392 e. The van der Waals surface area contributed by atoms with E-state index in [0.29, 0.717) is 31.1 Å². The van der Waals surface area contributed by atoms with Gasteiger partial charge in [-0.3, -0.25) is 14.4 Å². The molecule has 3 fully saturated rings. The van der Waals surface area contributed by atoms with E-state index in [9.17, 15) is 19.5 Å². The summed E-state index contributed by atoms with van der Waals surface area (Å²) in [6, 6.07) is 0. The summed E-state index contributed by atoms with van der Waals surface area (Å²) in [6.45, 7) is 10.9. The van der Waals surface area contributed by atoms with Crippen molar-refractivity contribution in [1.29, 1.82) is 0 Å². The maximum Gasteiger partial charge on any atom is 0.229 e. The van der Waals surface area contributed by atoms with Crippen LogP contribution >= 0.6 is 23.1 Å². The van der Waals surface area contributed by atoms with E-state index in [1.165, 1.54) is 4.88 Å². The average Bonchev–Trinajstić information content (AvgIpc) is 3.30. The molecule has 3 amide bonds. The highest BCUT2D eigenvalue weighted by atomic mass is 32.2. The highest BCUT2D eigenvalue weighted by molar-refractivity contribution is 7.99. The van der Waals surface area contributed by atoms with Gasteiger partial charge in [-0.25, -0.2) is 4.98 Å². The predicted molar refractivity (Wildman–Crippen MR) is 151 cm³/mol. The molecule has 1 saturated carbocycles. The fourth-order valence-electron chi connectivity index (χ4n) is 7.52. The third kappa shape index (κ3) is 5.24. The van der Waals surface area contributed by atoms with Gasteiger partial charge in [0.2, 0.25) is 17.7 Å². The summed E-state index contributed by atoms with van der Waals surface area (Å²) in [6.07, 6.45) is 3.47. The quantitative estimate of drug-likeness (QED) is 0.581. The lowest BCUT2D eigenvalue weighted by molar-refractivity contribution is -0.144. The number of carbonyl (C=O) groups excluding carboxylic acids is 3. The van der Waals surface area contributed by atoms with Crippen LogP contribution in [0.4, 0.5) is 5.13 Å². The van der Waals surface area contributed by atoms with Gasteiger partial charge in [0, 0.05) is 67.2 Å². The highest BCUT2D eigenvalue weighted by Gasteiger charge is 2.54. The number of fused-ring (bicyclic) bond motifs is 2. The molecule has 1 aromatic heterocycles. The minimum absolute atomic E-state index is 0.0147. The second-order valence-electron chi connectivity index (χ2n) is 12.2. The van der Waals surface area contributed by atoms with Crippen molar-refractivity contribution in [2.45, 2.75) is 71.8 Å². The maximum atomic E-state index is 13.3. The number of carbonyl (C=O) groups is 3. The molecule has 38 heavy (non-hydrogen) atoms. The molecule has 1 aromatic rings. The average molecular weight is 563 g/mol. The first-order valence-corrected chi connectivity index (χ1v) is 16.2. The summed E-state index contributed by atoms with van der Waals surface area (Å²) in [5.74, 6) is 1.97. The lowest BCUT2D eigenvalue weighted by Gasteiger charge is -2.53. The number of amides is 3. The van der Waals surface area contributed by atoms with Gasteiger partial charge in [0.05, 0.1) is 11.8 Å². The van der Waals surface area contributed by atoms with Crippen LogP contribution < -0.4 is 5.32 Å². The van der Waals surface area contributed by atoms with Crippen molar-refractivity contribution in [3.05, 3.63) is 10.6 Å². The second kappa shape index (κ2) is 11.1. The Hall–Kier alpha value is -1.65. The number of thioether (sulfide) groups is 1. The summed E-state index contributed by atoms with van der Waals surface area (Å²) in [5, 5.41) is 15.4. The van der Waals surface area contributed by atoms with Crippen LogP contribution in [-0.2, 0) is 20.8 Å². The van der Waals surface area contributed by atoms with Gasteiger partial charge < -0.3 is 20.2 Å². The number of anilines is 1. The van der Waals surface area contributed by atoms with E-state index in [1.54, 1.807) is 23.2 Å². The Bertz CT molecular complexity index is 1070. The fraction of sp³-hybridized carbons (Fsp3) is 0.786. The number of piperidine rings is 1. The van der Waals surface area contributed by atoms with Gasteiger partial charge in [0.1, 0.15) is 0 Å². The van der Waals surface area contributed by atoms with Crippen LogP contribution in [-0.4, -0.2) is 81.4 Å². The molecule has 8 nitrogen and oxygen atoms in total. The lowest BCUT2D eigenvalue weighted by Crippen LogP contribution is -2.54. The van der Waals surface area contributed by atoms with Crippen molar-refractivity contribution in [3.63, 3.8) is 0 Å². The van der Waals surface area contributed by atoms with Crippen molar-refractivity contribution in [1.82, 2.24) is 14.8 Å². The monoisotopic (exact) mass is 562 g/mol. The topological polar surface area (TPSA) is 103 Å². The van der Waals surface area contributed by atoms with Crippen LogP contribution in [0, 0.1) is 29.1 Å². The second-order valence-corrected chi connectivity index (χ2v) is 14.5. The fourth-order valence-corrected chi connectivity index (χ4v) is 9.69. The zero-order chi connectivity index (χ0) is 27.2. The Morgan fingerprint density at radius 2 is 1.79 bits per heavy atom. The van der Waals surface area contributed by atoms with Crippen molar-refractivity contribution >= 4 is 46.0 Å². The van der Waals surface area contributed by atoms with E-state index >= 15 is 0 Å². The van der Waals surface area contributed by atoms with E-state index in [2.05, 4.69) is 19.2 Å². The van der Waals surface area contributed by atoms with Crippen LogP contribution in [0.2, 0.25) is 0 Å². The number of hydrogen-bond donors (Lipinski definition) is 2. The first kappa shape index (κ1) is 27.9. The van der Waals surface area contributed by atoms with Gasteiger partial charge in [0.25, 0.3) is 0 Å². The highest BCUT2D eigenvalue weighted by Crippen LogP contribution is 2.57. The third-order valence-electron chi connectivity index (χ3n) is 9.82. The van der Waals surface area contributed by atoms with E-state index in [-0.39, 0.29) is 52.7 Å². The standard InChI is InChI=1S/C28H42N4O4S2/c1-16(26(36)32-11-13-37-14-12-32)20-5-8-28(4)15-21-23(17(2)22(28)24(20)34)29-27(38-21)30-25(35)19-6-9-31(10-7-19)18(3)33/h16-17,19-20,22,24,34H,5-15H2,1-4H3,(H,29,30,35)/t16-,17-,20-,22+,24-,28-/m0/s1. The summed E-state index contributed by atoms with van der Waals surface area (Å²) in [4.78, 5) is 47.8. The first-order valence-electron chi connectivity index (χ1n) is 14.2. The Labute approximate surface area is 234 Å². The Morgan fingerprint density at radius 1 is 1.11 bits per heavy atom. The zero-order valence-corrected chi connectivity index (χ0v) is 24.7. The van der Waals surface area contributed by atoms with E-state index in [4.69, 9.17) is 4.98 Å². The molecule has 4 aliphatic rings.